The van der Waals surface area contributed by atoms with Crippen molar-refractivity contribution in [1.82, 2.24) is 4.90 Å². The largest absolute Gasteiger partial charge is 0.480 e. The second kappa shape index (κ2) is 5.17. The van der Waals surface area contributed by atoms with Gasteiger partial charge in [-0.2, -0.15) is 0 Å². The lowest BCUT2D eigenvalue weighted by molar-refractivity contribution is -0.143. The molecular weight excluding hydrogens is 257 g/mol. The van der Waals surface area contributed by atoms with E-state index >= 15 is 0 Å². The second-order valence-corrected chi connectivity index (χ2v) is 6.14. The van der Waals surface area contributed by atoms with Gasteiger partial charge in [0.05, 0.1) is 0 Å². The van der Waals surface area contributed by atoms with Gasteiger partial charge in [-0.05, 0) is 54.9 Å². The van der Waals surface area contributed by atoms with Crippen molar-refractivity contribution in [2.75, 3.05) is 6.54 Å². The fraction of sp³-hybridized carbons (Fsp3) is 0.562. The third kappa shape index (κ3) is 2.33. The Kier molecular flexibility index (Phi) is 3.50. The van der Waals surface area contributed by atoms with E-state index in [0.29, 0.717) is 18.4 Å². The zero-order valence-corrected chi connectivity index (χ0v) is 11.7. The Labute approximate surface area is 118 Å². The van der Waals surface area contributed by atoms with Crippen molar-refractivity contribution in [1.29, 1.82) is 0 Å². The molecule has 1 saturated carbocycles. The van der Waals surface area contributed by atoms with Crippen LogP contribution in [0.4, 0.5) is 4.39 Å². The fourth-order valence-electron chi connectivity index (χ4n) is 3.95. The maximum absolute atomic E-state index is 13.1. The normalized spacial score (nSPS) is 29.6. The summed E-state index contributed by atoms with van der Waals surface area (Å²) in [5, 5.41) is 9.52. The lowest BCUT2D eigenvalue weighted by atomic mass is 9.94. The molecule has 1 heterocycles. The molecular formula is C16H20FNO2. The molecule has 3 rings (SSSR count). The number of aliphatic carboxylic acids is 1. The van der Waals surface area contributed by atoms with E-state index < -0.39 is 5.97 Å². The lowest BCUT2D eigenvalue weighted by Crippen LogP contribution is -2.39. The van der Waals surface area contributed by atoms with Crippen molar-refractivity contribution >= 4 is 5.97 Å². The van der Waals surface area contributed by atoms with E-state index in [-0.39, 0.29) is 11.9 Å². The highest BCUT2D eigenvalue weighted by Gasteiger charge is 2.47. The molecule has 1 aromatic rings. The van der Waals surface area contributed by atoms with Gasteiger partial charge in [-0.3, -0.25) is 9.69 Å². The maximum atomic E-state index is 13.1. The van der Waals surface area contributed by atoms with Crippen molar-refractivity contribution in [3.8, 4) is 0 Å². The Morgan fingerprint density at radius 1 is 1.45 bits per heavy atom. The average molecular weight is 277 g/mol. The number of carboxylic acids is 1. The van der Waals surface area contributed by atoms with Crippen molar-refractivity contribution in [2.45, 2.75) is 38.8 Å². The van der Waals surface area contributed by atoms with Gasteiger partial charge in [0.2, 0.25) is 0 Å². The van der Waals surface area contributed by atoms with Crippen LogP contribution >= 0.6 is 0 Å². The van der Waals surface area contributed by atoms with E-state index in [1.807, 2.05) is 6.92 Å². The lowest BCUT2D eigenvalue weighted by Gasteiger charge is -2.24. The Balaban J connectivity index is 1.81. The predicted octanol–water partition coefficient (Wildman–Crippen LogP) is 2.82. The highest BCUT2D eigenvalue weighted by Crippen LogP contribution is 2.42. The minimum Gasteiger partial charge on any atom is -0.480 e. The summed E-state index contributed by atoms with van der Waals surface area (Å²) >= 11 is 0. The number of benzene rings is 1. The summed E-state index contributed by atoms with van der Waals surface area (Å²) in [6, 6.07) is 4.38. The Hall–Kier alpha value is -1.42. The molecule has 1 aromatic carbocycles. The number of aryl methyl sites for hydroxylation is 1. The summed E-state index contributed by atoms with van der Waals surface area (Å²) in [4.78, 5) is 13.6. The number of halogens is 1. The van der Waals surface area contributed by atoms with Crippen LogP contribution in [0.5, 0.6) is 0 Å². The van der Waals surface area contributed by atoms with Gasteiger partial charge < -0.3 is 5.11 Å². The molecule has 0 amide bonds. The van der Waals surface area contributed by atoms with E-state index in [2.05, 4.69) is 4.90 Å². The topological polar surface area (TPSA) is 40.5 Å². The zero-order valence-electron chi connectivity index (χ0n) is 11.7. The van der Waals surface area contributed by atoms with Gasteiger partial charge >= 0.3 is 5.97 Å². The third-order valence-electron chi connectivity index (χ3n) is 4.92. The number of carbonyl (C=O) groups is 1. The fourth-order valence-corrected chi connectivity index (χ4v) is 3.95. The molecule has 108 valence electrons. The summed E-state index contributed by atoms with van der Waals surface area (Å²) in [6.07, 6.45) is 3.33. The highest BCUT2D eigenvalue weighted by atomic mass is 19.1. The van der Waals surface area contributed by atoms with Crippen LogP contribution in [-0.4, -0.2) is 28.6 Å². The molecule has 1 aliphatic carbocycles. The van der Waals surface area contributed by atoms with Crippen LogP contribution in [0.1, 0.15) is 30.4 Å². The highest BCUT2D eigenvalue weighted by molar-refractivity contribution is 5.74. The van der Waals surface area contributed by atoms with Crippen LogP contribution in [0.2, 0.25) is 0 Å². The molecule has 0 radical (unpaired) electrons. The van der Waals surface area contributed by atoms with Crippen LogP contribution in [0.15, 0.2) is 18.2 Å². The quantitative estimate of drug-likeness (QED) is 0.923. The van der Waals surface area contributed by atoms with Gasteiger partial charge in [-0.25, -0.2) is 4.39 Å². The predicted molar refractivity (Wildman–Crippen MR) is 73.8 cm³/mol. The van der Waals surface area contributed by atoms with Gasteiger partial charge in [-0.1, -0.05) is 12.5 Å². The summed E-state index contributed by atoms with van der Waals surface area (Å²) < 4.78 is 13.1. The Morgan fingerprint density at radius 2 is 2.25 bits per heavy atom. The van der Waals surface area contributed by atoms with E-state index in [4.69, 9.17) is 0 Å². The molecule has 1 aliphatic heterocycles. The van der Waals surface area contributed by atoms with Crippen molar-refractivity contribution < 1.29 is 14.3 Å². The first-order valence-corrected chi connectivity index (χ1v) is 7.28. The first-order chi connectivity index (χ1) is 9.56. The first kappa shape index (κ1) is 13.6. The van der Waals surface area contributed by atoms with Crippen molar-refractivity contribution in [2.24, 2.45) is 11.8 Å². The molecule has 20 heavy (non-hydrogen) atoms. The Bertz CT molecular complexity index is 531. The number of fused-ring (bicyclic) bond motifs is 1. The summed E-state index contributed by atoms with van der Waals surface area (Å²) in [6.45, 7) is 3.35. The summed E-state index contributed by atoms with van der Waals surface area (Å²) in [5.41, 5.74) is 1.92. The van der Waals surface area contributed by atoms with Gasteiger partial charge in [0.25, 0.3) is 0 Å². The second-order valence-electron chi connectivity index (χ2n) is 6.14. The SMILES string of the molecule is Cc1cc(F)ccc1CN1CC2CCCC2C1C(=O)O. The average Bonchev–Trinajstić information content (AvgIpc) is 2.91. The van der Waals surface area contributed by atoms with Gasteiger partial charge in [0.15, 0.2) is 0 Å². The van der Waals surface area contributed by atoms with E-state index in [0.717, 1.165) is 36.9 Å². The molecule has 0 spiro atoms. The van der Waals surface area contributed by atoms with Gasteiger partial charge in [0, 0.05) is 13.1 Å². The molecule has 2 aliphatic rings. The number of likely N-dealkylation sites (tertiary alicyclic amines) is 1. The van der Waals surface area contributed by atoms with Crippen LogP contribution in [-0.2, 0) is 11.3 Å². The van der Waals surface area contributed by atoms with Crippen LogP contribution in [0, 0.1) is 24.6 Å². The third-order valence-corrected chi connectivity index (χ3v) is 4.92. The molecule has 2 fully saturated rings. The standard InChI is InChI=1S/C16H20FNO2/c1-10-7-13(17)6-5-11(10)8-18-9-12-3-2-4-14(12)15(18)16(19)20/h5-7,12,14-15H,2-4,8-9H2,1H3,(H,19,20). The minimum absolute atomic E-state index is 0.237. The molecule has 4 heteroatoms. The first-order valence-electron chi connectivity index (χ1n) is 7.28. The van der Waals surface area contributed by atoms with Gasteiger partial charge in [-0.15, -0.1) is 0 Å². The maximum Gasteiger partial charge on any atom is 0.321 e. The van der Waals surface area contributed by atoms with Crippen LogP contribution in [0.25, 0.3) is 0 Å². The number of rotatable bonds is 3. The smallest absolute Gasteiger partial charge is 0.321 e. The van der Waals surface area contributed by atoms with Crippen LogP contribution < -0.4 is 0 Å². The summed E-state index contributed by atoms with van der Waals surface area (Å²) in [5.74, 6) is -0.122. The van der Waals surface area contributed by atoms with E-state index in [9.17, 15) is 14.3 Å². The number of nitrogens with zero attached hydrogens (tertiary/aromatic N) is 1. The number of hydrogen-bond acceptors (Lipinski definition) is 2. The Morgan fingerprint density at radius 3 is 2.95 bits per heavy atom. The molecule has 3 atom stereocenters. The molecule has 1 N–H and O–H groups in total. The summed E-state index contributed by atoms with van der Waals surface area (Å²) in [7, 11) is 0. The van der Waals surface area contributed by atoms with Crippen LogP contribution in [0.3, 0.4) is 0 Å². The zero-order chi connectivity index (χ0) is 14.3. The molecule has 1 saturated heterocycles. The van der Waals surface area contributed by atoms with E-state index in [1.54, 1.807) is 6.07 Å². The molecule has 0 aromatic heterocycles. The van der Waals surface area contributed by atoms with Crippen molar-refractivity contribution in [3.05, 3.63) is 35.1 Å². The van der Waals surface area contributed by atoms with E-state index in [1.165, 1.54) is 12.1 Å². The number of carboxylic acid groups (broad SMARTS) is 1. The monoisotopic (exact) mass is 277 g/mol. The number of hydrogen-bond donors (Lipinski definition) is 1. The minimum atomic E-state index is -0.709. The molecule has 3 nitrogen and oxygen atoms in total. The van der Waals surface area contributed by atoms with Crippen molar-refractivity contribution in [3.63, 3.8) is 0 Å². The van der Waals surface area contributed by atoms with Gasteiger partial charge in [0.1, 0.15) is 11.9 Å². The molecule has 0 bridgehead atoms. The molecule has 3 unspecified atom stereocenters.